The van der Waals surface area contributed by atoms with Gasteiger partial charge < -0.3 is 14.8 Å². The Morgan fingerprint density at radius 3 is 2.64 bits per heavy atom. The van der Waals surface area contributed by atoms with E-state index in [1.165, 1.54) is 0 Å². The lowest BCUT2D eigenvalue weighted by Gasteiger charge is -2.15. The number of rotatable bonds is 6. The van der Waals surface area contributed by atoms with Crippen molar-refractivity contribution in [1.82, 2.24) is 0 Å². The van der Waals surface area contributed by atoms with Crippen molar-refractivity contribution in [3.8, 4) is 5.75 Å². The van der Waals surface area contributed by atoms with Crippen LogP contribution in [0.1, 0.15) is 12.5 Å². The van der Waals surface area contributed by atoms with E-state index in [1.54, 1.807) is 38.3 Å². The molecule has 0 bridgehead atoms. The molecule has 5 heteroatoms. The van der Waals surface area contributed by atoms with Crippen molar-refractivity contribution in [2.24, 2.45) is 0 Å². The molecule has 2 aromatic rings. The standard InChI is InChI=1S/C17H18ClNO3/c1-12(22-16-8-6-14(18)7-9-16)17(20)19-15-5-3-4-13(10-15)11-21-2/h3-10,12H,11H2,1-2H3,(H,19,20)/t12-/m1/s1. The first-order valence-electron chi connectivity index (χ1n) is 6.89. The van der Waals surface area contributed by atoms with Gasteiger partial charge in [-0.05, 0) is 48.9 Å². The molecular formula is C17H18ClNO3. The fourth-order valence-electron chi connectivity index (χ4n) is 1.92. The largest absolute Gasteiger partial charge is 0.481 e. The van der Waals surface area contributed by atoms with Gasteiger partial charge in [0.05, 0.1) is 6.61 Å². The van der Waals surface area contributed by atoms with Crippen molar-refractivity contribution in [3.63, 3.8) is 0 Å². The summed E-state index contributed by atoms with van der Waals surface area (Å²) < 4.78 is 10.7. The van der Waals surface area contributed by atoms with Gasteiger partial charge in [0.15, 0.2) is 6.10 Å². The van der Waals surface area contributed by atoms with Gasteiger partial charge in [0, 0.05) is 17.8 Å². The highest BCUT2D eigenvalue weighted by Gasteiger charge is 2.15. The Hall–Kier alpha value is -2.04. The molecule has 0 aromatic heterocycles. The maximum absolute atomic E-state index is 12.2. The molecule has 0 radical (unpaired) electrons. The molecule has 116 valence electrons. The van der Waals surface area contributed by atoms with Crippen LogP contribution in [0.25, 0.3) is 0 Å². The highest BCUT2D eigenvalue weighted by molar-refractivity contribution is 6.30. The molecule has 0 saturated carbocycles. The number of ether oxygens (including phenoxy) is 2. The van der Waals surface area contributed by atoms with Crippen molar-refractivity contribution in [2.75, 3.05) is 12.4 Å². The van der Waals surface area contributed by atoms with Crippen molar-refractivity contribution in [2.45, 2.75) is 19.6 Å². The second kappa shape index (κ2) is 7.82. The Balaban J connectivity index is 1.96. The van der Waals surface area contributed by atoms with Crippen LogP contribution in [0, 0.1) is 0 Å². The van der Waals surface area contributed by atoms with Gasteiger partial charge in [-0.3, -0.25) is 4.79 Å². The van der Waals surface area contributed by atoms with Gasteiger partial charge in [0.1, 0.15) is 5.75 Å². The smallest absolute Gasteiger partial charge is 0.265 e. The van der Waals surface area contributed by atoms with E-state index in [0.29, 0.717) is 23.1 Å². The fraction of sp³-hybridized carbons (Fsp3) is 0.235. The third-order valence-corrected chi connectivity index (χ3v) is 3.25. The Kier molecular flexibility index (Phi) is 5.81. The first-order chi connectivity index (χ1) is 10.6. The summed E-state index contributed by atoms with van der Waals surface area (Å²) >= 11 is 5.81. The first-order valence-corrected chi connectivity index (χ1v) is 7.27. The van der Waals surface area contributed by atoms with Gasteiger partial charge in [-0.15, -0.1) is 0 Å². The lowest BCUT2D eigenvalue weighted by atomic mass is 10.2. The zero-order valence-electron chi connectivity index (χ0n) is 12.5. The van der Waals surface area contributed by atoms with Gasteiger partial charge in [0.2, 0.25) is 0 Å². The molecule has 0 aliphatic heterocycles. The van der Waals surface area contributed by atoms with Crippen LogP contribution in [0.4, 0.5) is 5.69 Å². The van der Waals surface area contributed by atoms with E-state index >= 15 is 0 Å². The Morgan fingerprint density at radius 2 is 1.95 bits per heavy atom. The Labute approximate surface area is 135 Å². The number of anilines is 1. The minimum atomic E-state index is -0.618. The van der Waals surface area contributed by atoms with Crippen molar-refractivity contribution < 1.29 is 14.3 Å². The van der Waals surface area contributed by atoms with E-state index in [1.807, 2.05) is 24.3 Å². The van der Waals surface area contributed by atoms with E-state index in [0.717, 1.165) is 5.56 Å². The molecule has 22 heavy (non-hydrogen) atoms. The number of methoxy groups -OCH3 is 1. The fourth-order valence-corrected chi connectivity index (χ4v) is 2.05. The summed E-state index contributed by atoms with van der Waals surface area (Å²) in [6.07, 6.45) is -0.618. The summed E-state index contributed by atoms with van der Waals surface area (Å²) in [5.74, 6) is 0.379. The van der Waals surface area contributed by atoms with Crippen LogP contribution in [0.2, 0.25) is 5.02 Å². The molecule has 0 fully saturated rings. The average Bonchev–Trinajstić information content (AvgIpc) is 2.50. The summed E-state index contributed by atoms with van der Waals surface area (Å²) in [4.78, 5) is 12.2. The average molecular weight is 320 g/mol. The number of nitrogens with one attached hydrogen (secondary N) is 1. The van der Waals surface area contributed by atoms with E-state index in [9.17, 15) is 4.79 Å². The van der Waals surface area contributed by atoms with E-state index in [2.05, 4.69) is 5.32 Å². The minimum absolute atomic E-state index is 0.218. The number of hydrogen-bond acceptors (Lipinski definition) is 3. The number of carbonyl (C=O) groups excluding carboxylic acids is 1. The molecule has 2 aromatic carbocycles. The Morgan fingerprint density at radius 1 is 1.23 bits per heavy atom. The van der Waals surface area contributed by atoms with E-state index in [-0.39, 0.29) is 5.91 Å². The molecule has 0 aliphatic carbocycles. The number of carbonyl (C=O) groups is 1. The van der Waals surface area contributed by atoms with E-state index in [4.69, 9.17) is 21.1 Å². The quantitative estimate of drug-likeness (QED) is 0.878. The molecule has 2 rings (SSSR count). The topological polar surface area (TPSA) is 47.6 Å². The number of hydrogen-bond donors (Lipinski definition) is 1. The van der Waals surface area contributed by atoms with Gasteiger partial charge in [-0.2, -0.15) is 0 Å². The number of amides is 1. The Bertz CT molecular complexity index is 628. The molecule has 0 heterocycles. The molecule has 1 atom stereocenters. The number of benzene rings is 2. The molecule has 1 amide bonds. The summed E-state index contributed by atoms with van der Waals surface area (Å²) in [7, 11) is 1.63. The third-order valence-electron chi connectivity index (χ3n) is 3.00. The zero-order chi connectivity index (χ0) is 15.9. The lowest BCUT2D eigenvalue weighted by molar-refractivity contribution is -0.122. The normalized spacial score (nSPS) is 11.8. The third kappa shape index (κ3) is 4.76. The van der Waals surface area contributed by atoms with Crippen molar-refractivity contribution >= 4 is 23.2 Å². The molecule has 4 nitrogen and oxygen atoms in total. The summed E-state index contributed by atoms with van der Waals surface area (Å²) in [5, 5.41) is 3.45. The van der Waals surface area contributed by atoms with Crippen LogP contribution >= 0.6 is 11.6 Å². The molecule has 0 aliphatic rings. The second-order valence-electron chi connectivity index (χ2n) is 4.84. The summed E-state index contributed by atoms with van der Waals surface area (Å²) in [5.41, 5.74) is 1.71. The van der Waals surface area contributed by atoms with Crippen LogP contribution < -0.4 is 10.1 Å². The summed E-state index contributed by atoms with van der Waals surface area (Å²) in [6, 6.07) is 14.4. The van der Waals surface area contributed by atoms with Gasteiger partial charge in [-0.25, -0.2) is 0 Å². The molecule has 0 spiro atoms. The van der Waals surface area contributed by atoms with Crippen LogP contribution in [-0.4, -0.2) is 19.1 Å². The minimum Gasteiger partial charge on any atom is -0.481 e. The predicted molar refractivity (Wildman–Crippen MR) is 87.3 cm³/mol. The van der Waals surface area contributed by atoms with Gasteiger partial charge in [-0.1, -0.05) is 23.7 Å². The van der Waals surface area contributed by atoms with Gasteiger partial charge >= 0.3 is 0 Å². The number of halogens is 1. The zero-order valence-corrected chi connectivity index (χ0v) is 13.3. The van der Waals surface area contributed by atoms with Gasteiger partial charge in [0.25, 0.3) is 5.91 Å². The van der Waals surface area contributed by atoms with Crippen molar-refractivity contribution in [3.05, 3.63) is 59.1 Å². The maximum atomic E-state index is 12.2. The SMILES string of the molecule is COCc1cccc(NC(=O)[C@@H](C)Oc2ccc(Cl)cc2)c1. The van der Waals surface area contributed by atoms with Crippen LogP contribution in [-0.2, 0) is 16.1 Å². The molecule has 1 N–H and O–H groups in total. The van der Waals surface area contributed by atoms with Crippen molar-refractivity contribution in [1.29, 1.82) is 0 Å². The highest BCUT2D eigenvalue weighted by atomic mass is 35.5. The maximum Gasteiger partial charge on any atom is 0.265 e. The van der Waals surface area contributed by atoms with Crippen LogP contribution in [0.3, 0.4) is 0 Å². The van der Waals surface area contributed by atoms with Crippen LogP contribution in [0.15, 0.2) is 48.5 Å². The summed E-state index contributed by atoms with van der Waals surface area (Å²) in [6.45, 7) is 2.20. The van der Waals surface area contributed by atoms with Crippen LogP contribution in [0.5, 0.6) is 5.75 Å². The molecule has 0 unspecified atom stereocenters. The second-order valence-corrected chi connectivity index (χ2v) is 5.27. The molecular weight excluding hydrogens is 302 g/mol. The first kappa shape index (κ1) is 16.3. The van der Waals surface area contributed by atoms with E-state index < -0.39 is 6.10 Å². The molecule has 0 saturated heterocycles. The monoisotopic (exact) mass is 319 g/mol. The highest BCUT2D eigenvalue weighted by Crippen LogP contribution is 2.18. The predicted octanol–water partition coefficient (Wildman–Crippen LogP) is 3.89. The lowest BCUT2D eigenvalue weighted by Crippen LogP contribution is -2.30.